The van der Waals surface area contributed by atoms with Crippen LogP contribution in [0.4, 0.5) is 5.69 Å². The van der Waals surface area contributed by atoms with Gasteiger partial charge in [-0.05, 0) is 56.5 Å². The molecule has 0 saturated heterocycles. The van der Waals surface area contributed by atoms with Gasteiger partial charge in [-0.2, -0.15) is 0 Å². The normalized spacial score (nSPS) is 12.5. The quantitative estimate of drug-likeness (QED) is 0.758. The summed E-state index contributed by atoms with van der Waals surface area (Å²) in [6.07, 6.45) is 0. The first-order chi connectivity index (χ1) is 11.0. The van der Waals surface area contributed by atoms with Crippen LogP contribution in [0, 0.1) is 5.41 Å². The summed E-state index contributed by atoms with van der Waals surface area (Å²) in [5.74, 6) is 0.590. The van der Waals surface area contributed by atoms with Gasteiger partial charge in [-0.3, -0.25) is 4.79 Å². The molecule has 2 rings (SSSR count). The van der Waals surface area contributed by atoms with Crippen LogP contribution in [0.25, 0.3) is 0 Å². The van der Waals surface area contributed by atoms with Gasteiger partial charge in [-0.15, -0.1) is 11.3 Å². The van der Waals surface area contributed by atoms with Crippen molar-refractivity contribution < 1.29 is 14.3 Å². The van der Waals surface area contributed by atoms with Gasteiger partial charge in [0, 0.05) is 10.6 Å². The fourth-order valence-corrected chi connectivity index (χ4v) is 3.31. The molecule has 0 bridgehead atoms. The number of ether oxygens (including phenoxy) is 2. The number of carbonyl (C=O) groups excluding carboxylic acids is 1. The molecule has 0 aliphatic rings. The molecule has 0 fully saturated rings. The standard InChI is InChI=1S/C18H23NO3S/c1-5-22-17(20)18(2,3)16(15-7-6-12-23-15)19-13-8-10-14(21-4)11-9-13/h6-12,16,19H,5H2,1-4H3. The maximum atomic E-state index is 12.4. The number of esters is 1. The summed E-state index contributed by atoms with van der Waals surface area (Å²) in [6.45, 7) is 6.02. The van der Waals surface area contributed by atoms with Crippen LogP contribution in [0.15, 0.2) is 41.8 Å². The molecule has 1 aromatic carbocycles. The van der Waals surface area contributed by atoms with E-state index in [1.54, 1.807) is 18.4 Å². The third-order valence-corrected chi connectivity index (χ3v) is 4.69. The van der Waals surface area contributed by atoms with Gasteiger partial charge in [0.05, 0.1) is 25.2 Å². The zero-order chi connectivity index (χ0) is 16.9. The highest BCUT2D eigenvalue weighted by atomic mass is 32.1. The molecule has 1 heterocycles. The van der Waals surface area contributed by atoms with E-state index in [4.69, 9.17) is 9.47 Å². The highest BCUT2D eigenvalue weighted by Gasteiger charge is 2.39. The molecule has 4 nitrogen and oxygen atoms in total. The highest BCUT2D eigenvalue weighted by Crippen LogP contribution is 2.39. The van der Waals surface area contributed by atoms with Crippen molar-refractivity contribution in [3.8, 4) is 5.75 Å². The first-order valence-electron chi connectivity index (χ1n) is 7.60. The first kappa shape index (κ1) is 17.3. The molecule has 0 spiro atoms. The first-order valence-corrected chi connectivity index (χ1v) is 8.48. The second-order valence-electron chi connectivity index (χ2n) is 5.76. The number of anilines is 1. The molecule has 0 saturated carbocycles. The number of nitrogens with one attached hydrogen (secondary N) is 1. The van der Waals surface area contributed by atoms with Gasteiger partial charge in [-0.25, -0.2) is 0 Å². The van der Waals surface area contributed by atoms with Gasteiger partial charge in [-0.1, -0.05) is 6.07 Å². The zero-order valence-corrected chi connectivity index (χ0v) is 14.8. The minimum absolute atomic E-state index is 0.171. The van der Waals surface area contributed by atoms with Crippen molar-refractivity contribution in [1.29, 1.82) is 0 Å². The van der Waals surface area contributed by atoms with E-state index in [0.29, 0.717) is 6.61 Å². The van der Waals surface area contributed by atoms with Gasteiger partial charge in [0.2, 0.25) is 0 Å². The summed E-state index contributed by atoms with van der Waals surface area (Å²) in [5.41, 5.74) is 0.238. The van der Waals surface area contributed by atoms with Gasteiger partial charge >= 0.3 is 5.97 Å². The summed E-state index contributed by atoms with van der Waals surface area (Å²) in [4.78, 5) is 13.5. The lowest BCUT2D eigenvalue weighted by molar-refractivity contribution is -0.154. The van der Waals surface area contributed by atoms with Crippen LogP contribution in [-0.2, 0) is 9.53 Å². The number of benzene rings is 1. The number of carbonyl (C=O) groups is 1. The van der Waals surface area contributed by atoms with Crippen LogP contribution in [0.3, 0.4) is 0 Å². The van der Waals surface area contributed by atoms with Crippen molar-refractivity contribution in [3.05, 3.63) is 46.7 Å². The molecule has 0 radical (unpaired) electrons. The molecule has 0 amide bonds. The van der Waals surface area contributed by atoms with Crippen molar-refractivity contribution in [1.82, 2.24) is 0 Å². The fourth-order valence-electron chi connectivity index (χ4n) is 2.35. The van der Waals surface area contributed by atoms with E-state index in [2.05, 4.69) is 5.32 Å². The van der Waals surface area contributed by atoms with Crippen LogP contribution >= 0.6 is 11.3 Å². The van der Waals surface area contributed by atoms with E-state index < -0.39 is 5.41 Å². The topological polar surface area (TPSA) is 47.6 Å². The second kappa shape index (κ2) is 7.51. The van der Waals surface area contributed by atoms with Gasteiger partial charge in [0.25, 0.3) is 0 Å². The van der Waals surface area contributed by atoms with E-state index >= 15 is 0 Å². The van der Waals surface area contributed by atoms with E-state index in [1.807, 2.05) is 62.5 Å². The zero-order valence-electron chi connectivity index (χ0n) is 14.0. The van der Waals surface area contributed by atoms with Crippen molar-refractivity contribution in [2.24, 2.45) is 5.41 Å². The maximum Gasteiger partial charge on any atom is 0.313 e. The summed E-state index contributed by atoms with van der Waals surface area (Å²) in [7, 11) is 1.64. The number of methoxy groups -OCH3 is 1. The van der Waals surface area contributed by atoms with Crippen molar-refractivity contribution in [2.75, 3.05) is 19.0 Å². The Labute approximate surface area is 141 Å². The minimum atomic E-state index is -0.694. The molecular formula is C18H23NO3S. The van der Waals surface area contributed by atoms with Crippen LogP contribution in [0.5, 0.6) is 5.75 Å². The molecule has 1 N–H and O–H groups in total. The Bertz CT molecular complexity index is 620. The molecule has 23 heavy (non-hydrogen) atoms. The van der Waals surface area contributed by atoms with Gasteiger partial charge < -0.3 is 14.8 Å². The Hall–Kier alpha value is -2.01. The van der Waals surface area contributed by atoms with Crippen LogP contribution < -0.4 is 10.1 Å². The van der Waals surface area contributed by atoms with Gasteiger partial charge in [0.15, 0.2) is 0 Å². The third kappa shape index (κ3) is 4.05. The number of hydrogen-bond donors (Lipinski definition) is 1. The SMILES string of the molecule is CCOC(=O)C(C)(C)C(Nc1ccc(OC)cc1)c1cccs1. The molecule has 2 aromatic rings. The molecular weight excluding hydrogens is 310 g/mol. The molecule has 0 aliphatic heterocycles. The lowest BCUT2D eigenvalue weighted by atomic mass is 9.83. The Morgan fingerprint density at radius 1 is 1.26 bits per heavy atom. The smallest absolute Gasteiger partial charge is 0.313 e. The van der Waals surface area contributed by atoms with Gasteiger partial charge in [0.1, 0.15) is 5.75 Å². The van der Waals surface area contributed by atoms with E-state index in [9.17, 15) is 4.79 Å². The predicted molar refractivity (Wildman–Crippen MR) is 94.1 cm³/mol. The molecule has 1 aromatic heterocycles. The largest absolute Gasteiger partial charge is 0.497 e. The number of hydrogen-bond acceptors (Lipinski definition) is 5. The predicted octanol–water partition coefficient (Wildman–Crippen LogP) is 4.50. The van der Waals surface area contributed by atoms with E-state index in [-0.39, 0.29) is 12.0 Å². The Balaban J connectivity index is 2.29. The molecule has 124 valence electrons. The Morgan fingerprint density at radius 3 is 2.48 bits per heavy atom. The highest BCUT2D eigenvalue weighted by molar-refractivity contribution is 7.10. The molecule has 5 heteroatoms. The monoisotopic (exact) mass is 333 g/mol. The average Bonchev–Trinajstić information content (AvgIpc) is 3.07. The lowest BCUT2D eigenvalue weighted by Crippen LogP contribution is -2.37. The Kier molecular flexibility index (Phi) is 5.66. The van der Waals surface area contributed by atoms with Crippen molar-refractivity contribution in [3.63, 3.8) is 0 Å². The molecule has 1 atom stereocenters. The third-order valence-electron chi connectivity index (χ3n) is 3.75. The summed E-state index contributed by atoms with van der Waals surface area (Å²) >= 11 is 1.63. The average molecular weight is 333 g/mol. The lowest BCUT2D eigenvalue weighted by Gasteiger charge is -2.33. The van der Waals surface area contributed by atoms with Crippen molar-refractivity contribution >= 4 is 23.0 Å². The summed E-state index contributed by atoms with van der Waals surface area (Å²) in [5, 5.41) is 5.48. The van der Waals surface area contributed by atoms with Crippen LogP contribution in [-0.4, -0.2) is 19.7 Å². The van der Waals surface area contributed by atoms with Crippen LogP contribution in [0.2, 0.25) is 0 Å². The maximum absolute atomic E-state index is 12.4. The summed E-state index contributed by atoms with van der Waals surface area (Å²) in [6, 6.07) is 11.5. The van der Waals surface area contributed by atoms with E-state index in [0.717, 1.165) is 16.3 Å². The van der Waals surface area contributed by atoms with Crippen LogP contribution in [0.1, 0.15) is 31.7 Å². The molecule has 0 aliphatic carbocycles. The van der Waals surface area contributed by atoms with Crippen molar-refractivity contribution in [2.45, 2.75) is 26.8 Å². The second-order valence-corrected chi connectivity index (χ2v) is 6.74. The molecule has 1 unspecified atom stereocenters. The Morgan fingerprint density at radius 2 is 1.96 bits per heavy atom. The summed E-state index contributed by atoms with van der Waals surface area (Å²) < 4.78 is 10.4. The minimum Gasteiger partial charge on any atom is -0.497 e. The number of thiophene rings is 1. The van der Waals surface area contributed by atoms with E-state index in [1.165, 1.54) is 0 Å². The fraction of sp³-hybridized carbons (Fsp3) is 0.389. The number of rotatable bonds is 7.